The van der Waals surface area contributed by atoms with Gasteiger partial charge in [0.05, 0.1) is 11.6 Å². The van der Waals surface area contributed by atoms with Gasteiger partial charge in [0.2, 0.25) is 5.89 Å². The summed E-state index contributed by atoms with van der Waals surface area (Å²) < 4.78 is 55.5. The minimum atomic E-state index is -4.42. The molecule has 4 rings (SSSR count). The van der Waals surface area contributed by atoms with Crippen LogP contribution in [-0.4, -0.2) is 14.7 Å². The van der Waals surface area contributed by atoms with Gasteiger partial charge in [-0.3, -0.25) is 0 Å². The SMILES string of the molecule is Cc1oc(-c2ccc(C(F)(F)F)cc2)nc1COc1cccc(/C=C/C(C)n2oc(=O)[nH]c2=O)c1. The van der Waals surface area contributed by atoms with Crippen molar-refractivity contribution in [2.24, 2.45) is 0 Å². The maximum atomic E-state index is 12.8. The fourth-order valence-corrected chi connectivity index (χ4v) is 3.24. The number of oxazole rings is 1. The first-order chi connectivity index (χ1) is 16.6. The minimum Gasteiger partial charge on any atom is -0.487 e. The highest BCUT2D eigenvalue weighted by Gasteiger charge is 2.30. The first-order valence-electron chi connectivity index (χ1n) is 10.5. The maximum Gasteiger partial charge on any atom is 0.440 e. The highest BCUT2D eigenvalue weighted by atomic mass is 19.4. The Bertz CT molecular complexity index is 1460. The van der Waals surface area contributed by atoms with E-state index in [4.69, 9.17) is 13.7 Å². The summed E-state index contributed by atoms with van der Waals surface area (Å²) in [6.45, 7) is 3.47. The number of H-pyrrole nitrogens is 1. The topological polar surface area (TPSA) is 103 Å². The summed E-state index contributed by atoms with van der Waals surface area (Å²) >= 11 is 0. The Balaban J connectivity index is 1.43. The van der Waals surface area contributed by atoms with Gasteiger partial charge in [-0.05, 0) is 55.8 Å². The molecule has 0 fully saturated rings. The third-order valence-corrected chi connectivity index (χ3v) is 5.11. The number of aromatic amines is 1. The first-order valence-corrected chi connectivity index (χ1v) is 10.5. The van der Waals surface area contributed by atoms with Gasteiger partial charge in [-0.2, -0.15) is 13.2 Å². The van der Waals surface area contributed by atoms with Crippen LogP contribution >= 0.6 is 0 Å². The predicted octanol–water partition coefficient (Wildman–Crippen LogP) is 4.97. The molecule has 8 nitrogen and oxygen atoms in total. The zero-order valence-corrected chi connectivity index (χ0v) is 18.6. The van der Waals surface area contributed by atoms with Gasteiger partial charge in [-0.25, -0.2) is 19.6 Å². The molecule has 2 heterocycles. The van der Waals surface area contributed by atoms with Crippen molar-refractivity contribution in [1.29, 1.82) is 0 Å². The van der Waals surface area contributed by atoms with Crippen LogP contribution in [0.5, 0.6) is 5.75 Å². The van der Waals surface area contributed by atoms with Gasteiger partial charge >= 0.3 is 17.6 Å². The molecule has 1 N–H and O–H groups in total. The van der Waals surface area contributed by atoms with E-state index in [1.807, 2.05) is 11.1 Å². The number of hydrogen-bond donors (Lipinski definition) is 1. The number of allylic oxidation sites excluding steroid dienone is 1. The van der Waals surface area contributed by atoms with Gasteiger partial charge in [0.15, 0.2) is 0 Å². The van der Waals surface area contributed by atoms with Crippen LogP contribution in [0, 0.1) is 6.92 Å². The van der Waals surface area contributed by atoms with Crippen LogP contribution in [0.4, 0.5) is 13.2 Å². The Morgan fingerprint density at radius 3 is 2.57 bits per heavy atom. The maximum absolute atomic E-state index is 12.8. The molecule has 0 saturated carbocycles. The summed E-state index contributed by atoms with van der Waals surface area (Å²) in [5, 5.41) is 0. The van der Waals surface area contributed by atoms with Crippen molar-refractivity contribution in [1.82, 2.24) is 14.7 Å². The predicted molar refractivity (Wildman–Crippen MR) is 120 cm³/mol. The van der Waals surface area contributed by atoms with E-state index in [2.05, 4.69) is 4.98 Å². The van der Waals surface area contributed by atoms with Crippen LogP contribution in [-0.2, 0) is 12.8 Å². The molecule has 0 aliphatic carbocycles. The summed E-state index contributed by atoms with van der Waals surface area (Å²) in [4.78, 5) is 29.2. The molecule has 2 aromatic heterocycles. The zero-order valence-electron chi connectivity index (χ0n) is 18.6. The highest BCUT2D eigenvalue weighted by Crippen LogP contribution is 2.31. The quantitative estimate of drug-likeness (QED) is 0.395. The second-order valence-corrected chi connectivity index (χ2v) is 7.69. The molecule has 2 aromatic carbocycles. The van der Waals surface area contributed by atoms with E-state index in [9.17, 15) is 22.8 Å². The van der Waals surface area contributed by atoms with E-state index in [1.165, 1.54) is 12.1 Å². The molecular formula is C24H20F3N3O5. The number of ether oxygens (including phenoxy) is 1. The van der Waals surface area contributed by atoms with E-state index in [0.29, 0.717) is 22.8 Å². The summed E-state index contributed by atoms with van der Waals surface area (Å²) in [6.07, 6.45) is -0.974. The largest absolute Gasteiger partial charge is 0.487 e. The molecule has 182 valence electrons. The van der Waals surface area contributed by atoms with Crippen molar-refractivity contribution < 1.29 is 26.8 Å². The summed E-state index contributed by atoms with van der Waals surface area (Å²) in [5.41, 5.74) is 0.328. The molecule has 0 aliphatic heterocycles. The molecule has 11 heteroatoms. The number of hydrogen-bond acceptors (Lipinski definition) is 6. The van der Waals surface area contributed by atoms with Gasteiger partial charge < -0.3 is 13.7 Å². The van der Waals surface area contributed by atoms with Gasteiger partial charge in [-0.15, -0.1) is 4.74 Å². The average molecular weight is 487 g/mol. The lowest BCUT2D eigenvalue weighted by Crippen LogP contribution is -2.18. The normalized spacial score (nSPS) is 12.8. The van der Waals surface area contributed by atoms with Gasteiger partial charge in [-0.1, -0.05) is 24.3 Å². The Labute approximate surface area is 196 Å². The molecule has 0 amide bonds. The second-order valence-electron chi connectivity index (χ2n) is 7.69. The van der Waals surface area contributed by atoms with Crippen molar-refractivity contribution in [3.8, 4) is 17.2 Å². The van der Waals surface area contributed by atoms with Crippen LogP contribution < -0.4 is 16.2 Å². The van der Waals surface area contributed by atoms with E-state index < -0.39 is 29.2 Å². The van der Waals surface area contributed by atoms with Crippen LogP contribution in [0.2, 0.25) is 0 Å². The second kappa shape index (κ2) is 9.53. The van der Waals surface area contributed by atoms with Crippen LogP contribution in [0.15, 0.2) is 73.1 Å². The van der Waals surface area contributed by atoms with E-state index in [-0.39, 0.29) is 12.5 Å². The lowest BCUT2D eigenvalue weighted by Gasteiger charge is -2.06. The standard InChI is InChI=1S/C24H20F3N3O5/c1-14(30-22(31)29-23(32)35-30)6-7-16-4-3-5-19(12-16)33-13-20-15(2)34-21(28-20)17-8-10-18(11-9-17)24(25,26)27/h3-12,14H,13H2,1-2H3,(H,29,31,32)/b7-6+. The molecular weight excluding hydrogens is 467 g/mol. The Morgan fingerprint density at radius 1 is 1.17 bits per heavy atom. The fourth-order valence-electron chi connectivity index (χ4n) is 3.24. The smallest absolute Gasteiger partial charge is 0.440 e. The zero-order chi connectivity index (χ0) is 25.2. The fraction of sp³-hybridized carbons (Fsp3) is 0.208. The van der Waals surface area contributed by atoms with E-state index in [1.54, 1.807) is 44.2 Å². The minimum absolute atomic E-state index is 0.0867. The molecule has 1 atom stereocenters. The number of aromatic nitrogens is 3. The molecule has 35 heavy (non-hydrogen) atoms. The van der Waals surface area contributed by atoms with Crippen LogP contribution in [0.1, 0.15) is 35.5 Å². The number of rotatable bonds is 7. The molecule has 0 spiro atoms. The number of halogens is 3. The van der Waals surface area contributed by atoms with Crippen molar-refractivity contribution in [2.45, 2.75) is 32.7 Å². The summed E-state index contributed by atoms with van der Waals surface area (Å²) in [5.74, 6) is 0.411. The lowest BCUT2D eigenvalue weighted by molar-refractivity contribution is -0.137. The van der Waals surface area contributed by atoms with Gasteiger partial charge in [0.25, 0.3) is 0 Å². The monoisotopic (exact) mass is 487 g/mol. The number of aryl methyl sites for hydroxylation is 1. The van der Waals surface area contributed by atoms with Gasteiger partial charge in [0.1, 0.15) is 23.8 Å². The summed E-state index contributed by atoms with van der Waals surface area (Å²) in [7, 11) is 0. The molecule has 0 saturated heterocycles. The number of alkyl halides is 3. The molecule has 1 unspecified atom stereocenters. The van der Waals surface area contributed by atoms with Crippen LogP contribution in [0.3, 0.4) is 0 Å². The first kappa shape index (κ1) is 23.9. The van der Waals surface area contributed by atoms with Crippen molar-refractivity contribution in [3.63, 3.8) is 0 Å². The van der Waals surface area contributed by atoms with Crippen LogP contribution in [0.25, 0.3) is 17.5 Å². The number of nitrogens with one attached hydrogen (secondary N) is 1. The van der Waals surface area contributed by atoms with Crippen molar-refractivity contribution >= 4 is 6.08 Å². The van der Waals surface area contributed by atoms with E-state index >= 15 is 0 Å². The Morgan fingerprint density at radius 2 is 1.91 bits per heavy atom. The van der Waals surface area contributed by atoms with Crippen molar-refractivity contribution in [2.75, 3.05) is 0 Å². The van der Waals surface area contributed by atoms with Gasteiger partial charge in [0, 0.05) is 5.56 Å². The van der Waals surface area contributed by atoms with E-state index in [0.717, 1.165) is 22.4 Å². The molecule has 0 bridgehead atoms. The third kappa shape index (κ3) is 5.62. The summed E-state index contributed by atoms with van der Waals surface area (Å²) in [6, 6.07) is 11.2. The number of nitrogens with zero attached hydrogens (tertiary/aromatic N) is 2. The Hall–Kier alpha value is -4.28. The number of benzene rings is 2. The highest BCUT2D eigenvalue weighted by molar-refractivity contribution is 5.55. The molecule has 0 aliphatic rings. The Kier molecular flexibility index (Phi) is 6.50. The average Bonchev–Trinajstić information content (AvgIpc) is 3.36. The molecule has 0 radical (unpaired) electrons. The lowest BCUT2D eigenvalue weighted by atomic mass is 10.1. The molecule has 4 aromatic rings. The van der Waals surface area contributed by atoms with Crippen molar-refractivity contribution in [3.05, 3.63) is 98.2 Å². The third-order valence-electron chi connectivity index (χ3n) is 5.11.